The Hall–Kier alpha value is -2.20. The van der Waals surface area contributed by atoms with Gasteiger partial charge in [0.15, 0.2) is 0 Å². The summed E-state index contributed by atoms with van der Waals surface area (Å²) in [6.07, 6.45) is 0. The lowest BCUT2D eigenvalue weighted by molar-refractivity contribution is -0.159. The molecule has 0 atom stereocenters. The molecule has 0 bridgehead atoms. The van der Waals surface area contributed by atoms with Gasteiger partial charge in [0, 0.05) is 0 Å². The molecule has 3 rings (SSSR count). The van der Waals surface area contributed by atoms with Crippen LogP contribution in [0.4, 0.5) is 0 Å². The first kappa shape index (κ1) is 11.9. The molecule has 0 aliphatic carbocycles. The summed E-state index contributed by atoms with van der Waals surface area (Å²) in [4.78, 5) is 24.7. The van der Waals surface area contributed by atoms with E-state index >= 15 is 0 Å². The lowest BCUT2D eigenvalue weighted by Gasteiger charge is -2.25. The van der Waals surface area contributed by atoms with E-state index < -0.39 is 0 Å². The average molecular weight is 255 g/mol. The maximum Gasteiger partial charge on any atom is 0.255 e. The van der Waals surface area contributed by atoms with Gasteiger partial charge >= 0.3 is 0 Å². The molecule has 1 fully saturated rings. The molecule has 4 nitrogen and oxygen atoms in total. The largest absolute Gasteiger partial charge is 0.362 e. The van der Waals surface area contributed by atoms with Crippen LogP contribution in [0.3, 0.4) is 0 Å². The highest BCUT2D eigenvalue weighted by Crippen LogP contribution is 2.20. The fraction of sp³-hybridized carbons (Fsp3) is 0.200. The fourth-order valence-electron chi connectivity index (χ4n) is 2.30. The second-order valence-corrected chi connectivity index (χ2v) is 4.50. The van der Waals surface area contributed by atoms with Gasteiger partial charge in [-0.2, -0.15) is 0 Å². The summed E-state index contributed by atoms with van der Waals surface area (Å²) >= 11 is 0. The van der Waals surface area contributed by atoms with Crippen LogP contribution in [0.5, 0.6) is 0 Å². The van der Waals surface area contributed by atoms with Gasteiger partial charge < -0.3 is 4.74 Å². The van der Waals surface area contributed by atoms with Crippen molar-refractivity contribution < 1.29 is 14.3 Å². The highest BCUT2D eigenvalue weighted by molar-refractivity contribution is 5.98. The average Bonchev–Trinajstić information content (AvgIpc) is 2.43. The zero-order valence-corrected chi connectivity index (χ0v) is 10.3. The van der Waals surface area contributed by atoms with Crippen molar-refractivity contribution in [3.63, 3.8) is 0 Å². The zero-order valence-electron chi connectivity index (χ0n) is 10.3. The van der Waals surface area contributed by atoms with Gasteiger partial charge in [-0.25, -0.2) is 0 Å². The van der Waals surface area contributed by atoms with E-state index in [2.05, 4.69) is 0 Å². The molecule has 1 aliphatic heterocycles. The number of morpholine rings is 1. The van der Waals surface area contributed by atoms with Crippen LogP contribution in [-0.4, -0.2) is 29.9 Å². The summed E-state index contributed by atoms with van der Waals surface area (Å²) in [7, 11) is 0. The lowest BCUT2D eigenvalue weighted by atomic mass is 10.0. The van der Waals surface area contributed by atoms with Crippen molar-refractivity contribution >= 4 is 22.6 Å². The van der Waals surface area contributed by atoms with Crippen molar-refractivity contribution in [2.24, 2.45) is 0 Å². The SMILES string of the molecule is O=C1COCC(=O)N1Cc1cccc2ccccc12. The summed E-state index contributed by atoms with van der Waals surface area (Å²) in [6.45, 7) is 0.273. The molecule has 1 heterocycles. The third-order valence-electron chi connectivity index (χ3n) is 3.26. The van der Waals surface area contributed by atoms with Crippen LogP contribution in [0.25, 0.3) is 10.8 Å². The Morgan fingerprint density at radius 3 is 2.42 bits per heavy atom. The molecule has 0 unspecified atom stereocenters. The summed E-state index contributed by atoms with van der Waals surface area (Å²) in [5.74, 6) is -0.548. The van der Waals surface area contributed by atoms with E-state index in [4.69, 9.17) is 4.74 Å². The molecule has 0 N–H and O–H groups in total. The van der Waals surface area contributed by atoms with E-state index in [9.17, 15) is 9.59 Å². The van der Waals surface area contributed by atoms with Gasteiger partial charge in [-0.1, -0.05) is 42.5 Å². The molecule has 19 heavy (non-hydrogen) atoms. The number of nitrogens with zero attached hydrogens (tertiary/aromatic N) is 1. The van der Waals surface area contributed by atoms with Crippen LogP contribution in [-0.2, 0) is 20.9 Å². The Morgan fingerprint density at radius 2 is 1.63 bits per heavy atom. The summed E-state index contributed by atoms with van der Waals surface area (Å²) in [5, 5.41) is 2.17. The minimum atomic E-state index is -0.274. The molecular weight excluding hydrogens is 242 g/mol. The standard InChI is InChI=1S/C15H13NO3/c17-14-9-19-10-15(18)16(14)8-12-6-3-5-11-4-1-2-7-13(11)12/h1-7H,8-10H2. The van der Waals surface area contributed by atoms with E-state index in [-0.39, 0.29) is 25.0 Å². The zero-order chi connectivity index (χ0) is 13.2. The first-order valence-electron chi connectivity index (χ1n) is 6.13. The minimum absolute atomic E-state index is 0.0174. The van der Waals surface area contributed by atoms with Crippen molar-refractivity contribution in [3.8, 4) is 0 Å². The molecule has 96 valence electrons. The minimum Gasteiger partial charge on any atom is -0.362 e. The number of carbonyl (C=O) groups is 2. The number of carbonyl (C=O) groups excluding carboxylic acids is 2. The summed E-state index contributed by atoms with van der Waals surface area (Å²) in [5.41, 5.74) is 0.974. The van der Waals surface area contributed by atoms with Crippen LogP contribution < -0.4 is 0 Å². The molecule has 0 aromatic heterocycles. The van der Waals surface area contributed by atoms with Crippen molar-refractivity contribution in [1.82, 2.24) is 4.90 Å². The molecule has 2 aromatic carbocycles. The first-order chi connectivity index (χ1) is 9.25. The molecular formula is C15H13NO3. The van der Waals surface area contributed by atoms with Crippen LogP contribution in [0, 0.1) is 0 Å². The van der Waals surface area contributed by atoms with E-state index in [1.54, 1.807) is 0 Å². The molecule has 1 aliphatic rings. The monoisotopic (exact) mass is 255 g/mol. The predicted molar refractivity (Wildman–Crippen MR) is 70.3 cm³/mol. The second-order valence-electron chi connectivity index (χ2n) is 4.50. The van der Waals surface area contributed by atoms with Gasteiger partial charge in [0.2, 0.25) is 0 Å². The highest BCUT2D eigenvalue weighted by atomic mass is 16.5. The number of rotatable bonds is 2. The number of hydrogen-bond donors (Lipinski definition) is 0. The van der Waals surface area contributed by atoms with Crippen molar-refractivity contribution in [2.45, 2.75) is 6.54 Å². The molecule has 0 spiro atoms. The molecule has 0 radical (unpaired) electrons. The van der Waals surface area contributed by atoms with Gasteiger partial charge in [0.25, 0.3) is 11.8 Å². The normalized spacial score (nSPS) is 16.1. The quantitative estimate of drug-likeness (QED) is 0.768. The Morgan fingerprint density at radius 1 is 0.947 bits per heavy atom. The van der Waals surface area contributed by atoms with Gasteiger partial charge in [-0.05, 0) is 16.3 Å². The number of amides is 2. The van der Waals surface area contributed by atoms with Crippen LogP contribution in [0.2, 0.25) is 0 Å². The van der Waals surface area contributed by atoms with Crippen LogP contribution in [0.1, 0.15) is 5.56 Å². The topological polar surface area (TPSA) is 46.6 Å². The second kappa shape index (κ2) is 4.82. The molecule has 1 saturated heterocycles. The van der Waals surface area contributed by atoms with Gasteiger partial charge in [0.05, 0.1) is 6.54 Å². The predicted octanol–water partition coefficient (Wildman–Crippen LogP) is 1.73. The highest BCUT2D eigenvalue weighted by Gasteiger charge is 2.26. The maximum atomic E-state index is 11.7. The van der Waals surface area contributed by atoms with E-state index in [0.717, 1.165) is 16.3 Å². The Bertz CT molecular complexity index is 629. The Labute approximate surface area is 110 Å². The molecule has 4 heteroatoms. The maximum absolute atomic E-state index is 11.7. The first-order valence-corrected chi connectivity index (χ1v) is 6.13. The van der Waals surface area contributed by atoms with E-state index in [1.807, 2.05) is 42.5 Å². The van der Waals surface area contributed by atoms with E-state index in [0.29, 0.717) is 6.54 Å². The third-order valence-corrected chi connectivity index (χ3v) is 3.26. The fourth-order valence-corrected chi connectivity index (χ4v) is 2.30. The van der Waals surface area contributed by atoms with E-state index in [1.165, 1.54) is 4.90 Å². The number of benzene rings is 2. The van der Waals surface area contributed by atoms with Crippen molar-refractivity contribution in [3.05, 3.63) is 48.0 Å². The Balaban J connectivity index is 1.97. The van der Waals surface area contributed by atoms with Gasteiger partial charge in [0.1, 0.15) is 13.2 Å². The third kappa shape index (κ3) is 2.22. The molecule has 2 amide bonds. The number of hydrogen-bond acceptors (Lipinski definition) is 3. The number of imide groups is 1. The van der Waals surface area contributed by atoms with Gasteiger partial charge in [-0.15, -0.1) is 0 Å². The smallest absolute Gasteiger partial charge is 0.255 e. The van der Waals surface area contributed by atoms with Gasteiger partial charge in [-0.3, -0.25) is 14.5 Å². The van der Waals surface area contributed by atoms with Crippen LogP contribution >= 0.6 is 0 Å². The summed E-state index contributed by atoms with van der Waals surface area (Å²) in [6, 6.07) is 13.8. The molecule has 0 saturated carbocycles. The lowest BCUT2D eigenvalue weighted by Crippen LogP contribution is -2.45. The number of ether oxygens (including phenoxy) is 1. The van der Waals surface area contributed by atoms with Crippen molar-refractivity contribution in [1.29, 1.82) is 0 Å². The Kier molecular flexibility index (Phi) is 3.01. The number of fused-ring (bicyclic) bond motifs is 1. The van der Waals surface area contributed by atoms with Crippen molar-refractivity contribution in [2.75, 3.05) is 13.2 Å². The molecule has 2 aromatic rings. The summed E-state index contributed by atoms with van der Waals surface area (Å²) < 4.78 is 4.91. The van der Waals surface area contributed by atoms with Crippen LogP contribution in [0.15, 0.2) is 42.5 Å².